The second-order valence-corrected chi connectivity index (χ2v) is 8.33. The van der Waals surface area contributed by atoms with Gasteiger partial charge in [0.1, 0.15) is 0 Å². The van der Waals surface area contributed by atoms with Gasteiger partial charge in [-0.25, -0.2) is 4.98 Å². The summed E-state index contributed by atoms with van der Waals surface area (Å²) in [4.78, 5) is 5.45. The van der Waals surface area contributed by atoms with Gasteiger partial charge in [0.15, 0.2) is 11.6 Å². The van der Waals surface area contributed by atoms with E-state index in [1.165, 1.54) is 0 Å². The van der Waals surface area contributed by atoms with Gasteiger partial charge in [0, 0.05) is 21.0 Å². The number of thiophene rings is 1. The van der Waals surface area contributed by atoms with Gasteiger partial charge in [-0.1, -0.05) is 17.7 Å². The van der Waals surface area contributed by atoms with Crippen molar-refractivity contribution in [2.24, 2.45) is 0 Å². The van der Waals surface area contributed by atoms with Crippen LogP contribution in [0.15, 0.2) is 54.0 Å². The molecular weight excluding hydrogens is 398 g/mol. The molecular formula is C19H12ClN5S2. The zero-order valence-electron chi connectivity index (χ0n) is 13.8. The first-order chi connectivity index (χ1) is 13.2. The molecule has 0 saturated carbocycles. The van der Waals surface area contributed by atoms with E-state index in [1.807, 2.05) is 35.8 Å². The molecule has 5 rings (SSSR count). The first-order valence-corrected chi connectivity index (χ1v) is 10.2. The summed E-state index contributed by atoms with van der Waals surface area (Å²) in [6, 6.07) is 15.8. The number of nitrogens with zero attached hydrogens (tertiary/aromatic N) is 3. The van der Waals surface area contributed by atoms with Crippen LogP contribution in [0.25, 0.3) is 30.7 Å². The topological polar surface area (TPSA) is 76.7 Å². The van der Waals surface area contributed by atoms with Gasteiger partial charge < -0.3 is 11.1 Å². The van der Waals surface area contributed by atoms with E-state index < -0.39 is 0 Å². The Hall–Kier alpha value is -2.74. The Morgan fingerprint density at radius 3 is 2.70 bits per heavy atom. The Balaban J connectivity index is 1.61. The maximum Gasteiger partial charge on any atom is 0.164 e. The second-order valence-electron chi connectivity index (χ2n) is 5.95. The van der Waals surface area contributed by atoms with E-state index in [2.05, 4.69) is 38.7 Å². The second kappa shape index (κ2) is 6.45. The number of rotatable bonds is 3. The maximum absolute atomic E-state index is 6.09. The molecule has 0 amide bonds. The number of benzene rings is 2. The smallest absolute Gasteiger partial charge is 0.164 e. The third kappa shape index (κ3) is 2.99. The number of aromatic nitrogens is 3. The van der Waals surface area contributed by atoms with Crippen LogP contribution in [0, 0.1) is 0 Å². The normalized spacial score (nSPS) is 11.3. The monoisotopic (exact) mass is 409 g/mol. The van der Waals surface area contributed by atoms with Crippen molar-refractivity contribution >= 4 is 71.9 Å². The van der Waals surface area contributed by atoms with Gasteiger partial charge in [-0.05, 0) is 48.0 Å². The van der Waals surface area contributed by atoms with Crippen LogP contribution < -0.4 is 11.1 Å². The lowest BCUT2D eigenvalue weighted by Gasteiger charge is -2.06. The molecule has 0 atom stereocenters. The molecule has 0 unspecified atom stereocenters. The molecule has 0 fully saturated rings. The van der Waals surface area contributed by atoms with Crippen molar-refractivity contribution < 1.29 is 0 Å². The van der Waals surface area contributed by atoms with Crippen LogP contribution in [0.2, 0.25) is 5.02 Å². The molecule has 132 valence electrons. The van der Waals surface area contributed by atoms with Crippen molar-refractivity contribution in [1.29, 1.82) is 0 Å². The lowest BCUT2D eigenvalue weighted by Crippen LogP contribution is -1.99. The number of halogens is 1. The summed E-state index contributed by atoms with van der Waals surface area (Å²) in [5.41, 5.74) is 11.0. The van der Waals surface area contributed by atoms with Gasteiger partial charge in [-0.3, -0.25) is 0 Å². The highest BCUT2D eigenvalue weighted by Gasteiger charge is 2.14. The molecule has 0 aliphatic heterocycles. The van der Waals surface area contributed by atoms with Crippen molar-refractivity contribution in [2.75, 3.05) is 11.1 Å². The minimum atomic E-state index is 0.432. The van der Waals surface area contributed by atoms with Crippen LogP contribution in [-0.2, 0) is 0 Å². The van der Waals surface area contributed by atoms with Gasteiger partial charge in [-0.2, -0.15) is 0 Å². The minimum Gasteiger partial charge on any atom is -0.381 e. The van der Waals surface area contributed by atoms with Crippen molar-refractivity contribution in [1.82, 2.24) is 15.2 Å². The maximum atomic E-state index is 6.09. The Morgan fingerprint density at radius 2 is 1.85 bits per heavy atom. The predicted molar refractivity (Wildman–Crippen MR) is 115 cm³/mol. The van der Waals surface area contributed by atoms with Crippen molar-refractivity contribution in [3.63, 3.8) is 0 Å². The van der Waals surface area contributed by atoms with Gasteiger partial charge in [0.2, 0.25) is 0 Å². The average molecular weight is 410 g/mol. The highest BCUT2D eigenvalue weighted by Crippen LogP contribution is 2.40. The molecule has 3 aromatic heterocycles. The van der Waals surface area contributed by atoms with E-state index in [9.17, 15) is 0 Å². The van der Waals surface area contributed by atoms with Crippen LogP contribution in [0.3, 0.4) is 0 Å². The minimum absolute atomic E-state index is 0.432. The highest BCUT2D eigenvalue weighted by molar-refractivity contribution is 7.23. The molecule has 0 bridgehead atoms. The van der Waals surface area contributed by atoms with Crippen molar-refractivity contribution in [3.05, 3.63) is 59.1 Å². The Labute approximate surface area is 167 Å². The van der Waals surface area contributed by atoms with E-state index >= 15 is 0 Å². The molecule has 0 saturated heterocycles. The Bertz CT molecular complexity index is 1280. The number of hydrogen-bond acceptors (Lipinski definition) is 7. The Morgan fingerprint density at radius 1 is 1.00 bits per heavy atom. The number of nitrogens with two attached hydrogens (primary N) is 1. The quantitative estimate of drug-likeness (QED) is 0.385. The zero-order valence-corrected chi connectivity index (χ0v) is 16.2. The fraction of sp³-hybridized carbons (Fsp3) is 0. The summed E-state index contributed by atoms with van der Waals surface area (Å²) in [7, 11) is 0. The van der Waals surface area contributed by atoms with Crippen LogP contribution in [-0.4, -0.2) is 15.2 Å². The number of nitrogens with one attached hydrogen (secondary N) is 1. The molecule has 5 nitrogen and oxygen atoms in total. The molecule has 0 spiro atoms. The average Bonchev–Trinajstić information content (AvgIpc) is 3.32. The zero-order chi connectivity index (χ0) is 18.4. The summed E-state index contributed by atoms with van der Waals surface area (Å²) >= 11 is 9.20. The number of hydrogen-bond donors (Lipinski definition) is 2. The summed E-state index contributed by atoms with van der Waals surface area (Å²) in [6.07, 6.45) is 0. The van der Waals surface area contributed by atoms with Gasteiger partial charge in [0.25, 0.3) is 0 Å². The van der Waals surface area contributed by atoms with Crippen LogP contribution in [0.5, 0.6) is 0 Å². The summed E-state index contributed by atoms with van der Waals surface area (Å²) in [6.45, 7) is 0. The first kappa shape index (κ1) is 16.4. The van der Waals surface area contributed by atoms with Gasteiger partial charge in [0.05, 0.1) is 20.4 Å². The molecule has 3 heterocycles. The molecule has 2 aromatic carbocycles. The first-order valence-electron chi connectivity index (χ1n) is 8.09. The Kier molecular flexibility index (Phi) is 3.93. The van der Waals surface area contributed by atoms with Gasteiger partial charge in [-0.15, -0.1) is 32.9 Å². The lowest BCUT2D eigenvalue weighted by molar-refractivity contribution is 1.07. The van der Waals surface area contributed by atoms with E-state index in [-0.39, 0.29) is 0 Å². The molecule has 8 heteroatoms. The largest absolute Gasteiger partial charge is 0.381 e. The SMILES string of the molecule is Nc1nnc(Nc2ccc(Cl)cc2)c2cc(-c3ccc4ncsc4c3)sc12. The van der Waals surface area contributed by atoms with Crippen LogP contribution in [0.4, 0.5) is 17.3 Å². The molecule has 0 radical (unpaired) electrons. The molecule has 0 aliphatic carbocycles. The predicted octanol–water partition coefficient (Wildman–Crippen LogP) is 5.95. The number of fused-ring (bicyclic) bond motifs is 2. The van der Waals surface area contributed by atoms with Crippen molar-refractivity contribution in [3.8, 4) is 10.4 Å². The van der Waals surface area contributed by atoms with Crippen molar-refractivity contribution in [2.45, 2.75) is 0 Å². The van der Waals surface area contributed by atoms with E-state index in [0.29, 0.717) is 16.7 Å². The summed E-state index contributed by atoms with van der Waals surface area (Å²) in [5, 5.41) is 13.3. The van der Waals surface area contributed by atoms with Gasteiger partial charge >= 0.3 is 0 Å². The molecule has 5 aromatic rings. The number of anilines is 3. The number of nitrogen functional groups attached to an aromatic ring is 1. The van der Waals surface area contributed by atoms with E-state index in [4.69, 9.17) is 17.3 Å². The third-order valence-corrected chi connectivity index (χ3v) is 6.45. The third-order valence-electron chi connectivity index (χ3n) is 4.20. The van der Waals surface area contributed by atoms with Crippen LogP contribution in [0.1, 0.15) is 0 Å². The highest BCUT2D eigenvalue weighted by atomic mass is 35.5. The molecule has 27 heavy (non-hydrogen) atoms. The van der Waals surface area contributed by atoms with Crippen LogP contribution >= 0.6 is 34.3 Å². The van der Waals surface area contributed by atoms with E-state index in [0.717, 1.165) is 36.4 Å². The molecule has 0 aliphatic rings. The summed E-state index contributed by atoms with van der Waals surface area (Å²) < 4.78 is 2.08. The lowest BCUT2D eigenvalue weighted by atomic mass is 10.1. The molecule has 3 N–H and O–H groups in total. The number of thiazole rings is 1. The van der Waals surface area contributed by atoms with E-state index in [1.54, 1.807) is 22.7 Å². The fourth-order valence-electron chi connectivity index (χ4n) is 2.87. The fourth-order valence-corrected chi connectivity index (χ4v) is 4.77. The summed E-state index contributed by atoms with van der Waals surface area (Å²) in [5.74, 6) is 1.10. The standard InChI is InChI=1S/C19H12ClN5S2/c20-11-2-4-12(5-3-11)23-19-13-8-15(27-17(13)18(21)24-25-19)10-1-6-14-16(7-10)26-9-22-14/h1-9H,(H2,21,24)(H,23,25).